The molecule has 1 amide bonds. The Kier molecular flexibility index (Phi) is 4.28. The third-order valence-electron chi connectivity index (χ3n) is 3.91. The summed E-state index contributed by atoms with van der Waals surface area (Å²) in [4.78, 5) is 14.3. The van der Waals surface area contributed by atoms with Crippen molar-refractivity contribution in [3.8, 4) is 0 Å². The lowest BCUT2D eigenvalue weighted by Gasteiger charge is -2.31. The zero-order chi connectivity index (χ0) is 13.2. The van der Waals surface area contributed by atoms with Gasteiger partial charge in [-0.25, -0.2) is 0 Å². The predicted octanol–water partition coefficient (Wildman–Crippen LogP) is 0.975. The van der Waals surface area contributed by atoms with Crippen LogP contribution in [0, 0.1) is 5.92 Å². The van der Waals surface area contributed by atoms with E-state index in [0.717, 1.165) is 12.5 Å². The van der Waals surface area contributed by atoms with Crippen molar-refractivity contribution >= 4 is 5.91 Å². The molecule has 0 aromatic heterocycles. The summed E-state index contributed by atoms with van der Waals surface area (Å²) in [5, 5.41) is 6.58. The molecule has 2 aliphatic heterocycles. The lowest BCUT2D eigenvalue weighted by Crippen LogP contribution is -2.46. The highest BCUT2D eigenvalue weighted by molar-refractivity contribution is 5.76. The van der Waals surface area contributed by atoms with E-state index in [0.29, 0.717) is 12.5 Å². The Morgan fingerprint density at radius 2 is 2.00 bits per heavy atom. The lowest BCUT2D eigenvalue weighted by molar-refractivity contribution is -0.122. The van der Waals surface area contributed by atoms with Crippen molar-refractivity contribution in [1.82, 2.24) is 15.5 Å². The van der Waals surface area contributed by atoms with Crippen LogP contribution < -0.4 is 10.6 Å². The van der Waals surface area contributed by atoms with Gasteiger partial charge in [-0.05, 0) is 52.6 Å². The van der Waals surface area contributed by atoms with E-state index in [9.17, 15) is 4.79 Å². The van der Waals surface area contributed by atoms with Gasteiger partial charge in [0.05, 0.1) is 0 Å². The molecule has 0 aromatic carbocycles. The van der Waals surface area contributed by atoms with Gasteiger partial charge in [0.2, 0.25) is 5.91 Å². The molecule has 4 nitrogen and oxygen atoms in total. The molecule has 0 spiro atoms. The molecule has 3 atom stereocenters. The molecule has 4 heteroatoms. The van der Waals surface area contributed by atoms with Gasteiger partial charge in [0.1, 0.15) is 0 Å². The Morgan fingerprint density at radius 3 is 2.72 bits per heavy atom. The van der Waals surface area contributed by atoms with Crippen LogP contribution in [0.5, 0.6) is 0 Å². The molecule has 0 aromatic rings. The van der Waals surface area contributed by atoms with Gasteiger partial charge in [0.25, 0.3) is 0 Å². The Morgan fingerprint density at radius 1 is 1.28 bits per heavy atom. The SMILES string of the molecule is CC(C)(C)NC(=O)CCNC1CCN2CCC1C2. The fraction of sp³-hybridized carbons (Fsp3) is 0.929. The lowest BCUT2D eigenvalue weighted by atomic mass is 9.94. The van der Waals surface area contributed by atoms with Crippen LogP contribution >= 0.6 is 0 Å². The quantitative estimate of drug-likeness (QED) is 0.785. The topological polar surface area (TPSA) is 44.4 Å². The summed E-state index contributed by atoms with van der Waals surface area (Å²) in [5.41, 5.74) is -0.117. The highest BCUT2D eigenvalue weighted by Gasteiger charge is 2.33. The number of hydrogen-bond donors (Lipinski definition) is 2. The van der Waals surface area contributed by atoms with Gasteiger partial charge in [-0.15, -0.1) is 0 Å². The highest BCUT2D eigenvalue weighted by atomic mass is 16.1. The standard InChI is InChI=1S/C14H27N3O/c1-14(2,3)16-13(18)4-7-15-12-6-9-17-8-5-11(12)10-17/h11-12,15H,4-10H2,1-3H3,(H,16,18). The van der Waals surface area contributed by atoms with Crippen LogP contribution in [0.2, 0.25) is 0 Å². The van der Waals surface area contributed by atoms with Crippen molar-refractivity contribution < 1.29 is 4.79 Å². The number of carbonyl (C=O) groups excluding carboxylic acids is 1. The van der Waals surface area contributed by atoms with E-state index in [1.54, 1.807) is 0 Å². The molecule has 2 fully saturated rings. The van der Waals surface area contributed by atoms with Crippen molar-refractivity contribution in [2.24, 2.45) is 5.92 Å². The first-order valence-electron chi connectivity index (χ1n) is 7.21. The number of carbonyl (C=O) groups is 1. The summed E-state index contributed by atoms with van der Waals surface area (Å²) in [5.74, 6) is 0.961. The van der Waals surface area contributed by atoms with Crippen LogP contribution in [0.1, 0.15) is 40.0 Å². The normalized spacial score (nSPS) is 31.4. The van der Waals surface area contributed by atoms with Crippen LogP contribution in [0.25, 0.3) is 0 Å². The summed E-state index contributed by atoms with van der Waals surface area (Å²) >= 11 is 0. The summed E-state index contributed by atoms with van der Waals surface area (Å²) in [7, 11) is 0. The zero-order valence-electron chi connectivity index (χ0n) is 12.0. The summed E-state index contributed by atoms with van der Waals surface area (Å²) in [6, 6.07) is 0.631. The van der Waals surface area contributed by atoms with Crippen molar-refractivity contribution in [2.45, 2.75) is 51.6 Å². The second-order valence-corrected chi connectivity index (χ2v) is 6.75. The number of fused-ring (bicyclic) bond motifs is 2. The van der Waals surface area contributed by atoms with Gasteiger partial charge < -0.3 is 15.5 Å². The zero-order valence-corrected chi connectivity index (χ0v) is 12.0. The van der Waals surface area contributed by atoms with E-state index >= 15 is 0 Å². The van der Waals surface area contributed by atoms with Crippen molar-refractivity contribution in [3.63, 3.8) is 0 Å². The van der Waals surface area contributed by atoms with E-state index in [1.807, 2.05) is 20.8 Å². The smallest absolute Gasteiger partial charge is 0.221 e. The van der Waals surface area contributed by atoms with Gasteiger partial charge in [0.15, 0.2) is 0 Å². The van der Waals surface area contributed by atoms with E-state index in [2.05, 4.69) is 15.5 Å². The molecule has 18 heavy (non-hydrogen) atoms. The van der Waals surface area contributed by atoms with Crippen LogP contribution in [0.15, 0.2) is 0 Å². The maximum Gasteiger partial charge on any atom is 0.221 e. The fourth-order valence-electron chi connectivity index (χ4n) is 3.07. The minimum atomic E-state index is -0.117. The molecule has 0 aliphatic carbocycles. The number of hydrogen-bond acceptors (Lipinski definition) is 3. The number of rotatable bonds is 4. The molecule has 0 radical (unpaired) electrons. The Hall–Kier alpha value is -0.610. The summed E-state index contributed by atoms with van der Waals surface area (Å²) < 4.78 is 0. The van der Waals surface area contributed by atoms with Gasteiger partial charge in [0, 0.05) is 31.1 Å². The largest absolute Gasteiger partial charge is 0.351 e. The third-order valence-corrected chi connectivity index (χ3v) is 3.91. The van der Waals surface area contributed by atoms with Crippen LogP contribution in [-0.4, -0.2) is 48.6 Å². The molecular formula is C14H27N3O. The second kappa shape index (κ2) is 5.57. The minimum absolute atomic E-state index is 0.117. The first-order chi connectivity index (χ1) is 8.44. The summed E-state index contributed by atoms with van der Waals surface area (Å²) in [6.07, 6.45) is 3.15. The predicted molar refractivity (Wildman–Crippen MR) is 73.5 cm³/mol. The van der Waals surface area contributed by atoms with E-state index in [4.69, 9.17) is 0 Å². The molecule has 2 heterocycles. The van der Waals surface area contributed by atoms with Crippen molar-refractivity contribution in [2.75, 3.05) is 26.2 Å². The van der Waals surface area contributed by atoms with Gasteiger partial charge in [-0.1, -0.05) is 0 Å². The molecule has 2 bridgehead atoms. The fourth-order valence-corrected chi connectivity index (χ4v) is 3.07. The van der Waals surface area contributed by atoms with Crippen molar-refractivity contribution in [1.29, 1.82) is 0 Å². The Balaban J connectivity index is 1.65. The molecule has 0 saturated carbocycles. The molecule has 2 saturated heterocycles. The first-order valence-corrected chi connectivity index (χ1v) is 7.21. The van der Waals surface area contributed by atoms with Gasteiger partial charge >= 0.3 is 0 Å². The Labute approximate surface area is 110 Å². The number of piperidine rings is 1. The molecule has 2 N–H and O–H groups in total. The van der Waals surface area contributed by atoms with E-state index < -0.39 is 0 Å². The number of amides is 1. The molecule has 2 rings (SSSR count). The molecule has 104 valence electrons. The van der Waals surface area contributed by atoms with E-state index in [1.165, 1.54) is 32.5 Å². The molecule has 2 aliphatic rings. The number of nitrogens with zero attached hydrogens (tertiary/aromatic N) is 1. The Bertz CT molecular complexity index is 298. The first kappa shape index (κ1) is 13.8. The number of nitrogens with one attached hydrogen (secondary N) is 2. The van der Waals surface area contributed by atoms with Gasteiger partial charge in [-0.3, -0.25) is 4.79 Å². The van der Waals surface area contributed by atoms with Crippen molar-refractivity contribution in [3.05, 3.63) is 0 Å². The highest BCUT2D eigenvalue weighted by Crippen LogP contribution is 2.26. The van der Waals surface area contributed by atoms with E-state index in [-0.39, 0.29) is 11.4 Å². The average molecular weight is 253 g/mol. The minimum Gasteiger partial charge on any atom is -0.351 e. The van der Waals surface area contributed by atoms with Crippen LogP contribution in [0.4, 0.5) is 0 Å². The van der Waals surface area contributed by atoms with Crippen LogP contribution in [-0.2, 0) is 4.79 Å². The monoisotopic (exact) mass is 253 g/mol. The maximum absolute atomic E-state index is 11.7. The van der Waals surface area contributed by atoms with Crippen LogP contribution in [0.3, 0.4) is 0 Å². The average Bonchev–Trinajstić information content (AvgIpc) is 2.62. The third kappa shape index (κ3) is 3.95. The second-order valence-electron chi connectivity index (χ2n) is 6.75. The molecular weight excluding hydrogens is 226 g/mol. The van der Waals surface area contributed by atoms with Gasteiger partial charge in [-0.2, -0.15) is 0 Å². The summed E-state index contributed by atoms with van der Waals surface area (Å²) in [6.45, 7) is 10.6. The molecule has 3 unspecified atom stereocenters. The maximum atomic E-state index is 11.7.